The van der Waals surface area contributed by atoms with Gasteiger partial charge in [-0.2, -0.15) is 4.98 Å². The van der Waals surface area contributed by atoms with Gasteiger partial charge in [0.25, 0.3) is 5.56 Å². The highest BCUT2D eigenvalue weighted by Crippen LogP contribution is 2.59. The lowest BCUT2D eigenvalue weighted by atomic mass is 10.0. The number of aromatic amines is 1. The Morgan fingerprint density at radius 2 is 1.93 bits per heavy atom. The van der Waals surface area contributed by atoms with Crippen LogP contribution < -0.4 is 17.0 Å². The number of nitrogen functional groups attached to an aromatic ring is 2. The van der Waals surface area contributed by atoms with Crippen molar-refractivity contribution >= 4 is 52.4 Å². The highest BCUT2D eigenvalue weighted by atomic mass is 32.5. The summed E-state index contributed by atoms with van der Waals surface area (Å²) in [5, 5.41) is 20.9. The van der Waals surface area contributed by atoms with Crippen LogP contribution in [0.2, 0.25) is 0 Å². The number of aliphatic hydroxyl groups is 2. The average Bonchev–Trinajstić information content (AvgIpc) is 3.75. The number of fused-ring (bicyclic) bond motifs is 4. The Morgan fingerprint density at radius 3 is 2.69 bits per heavy atom. The molecule has 2 bridgehead atoms. The molecule has 3 fully saturated rings. The molecule has 0 aromatic carbocycles. The van der Waals surface area contributed by atoms with E-state index in [0.717, 1.165) is 0 Å². The standard InChI is InChI=1S/C21H24FN10O8PS/c22-8-7(1-33)39-19(32-6-28-10-16(32)29-20(24)30-17(10)35)12(8)41(36,42)38-3-21-2-37-11(13(21)34)18(40-21)31-5-27-9-14(23)25-4-26-15(9)31/h4-8,11-13,18-19,33-34H,1-3H2,(H,36,42)(H2,23,25,26)(H3,24,29,30,35)/t7-,8+,11-,12-,13+,18-,19-,21?,41?/m1/s1. The van der Waals surface area contributed by atoms with Gasteiger partial charge in [0.2, 0.25) is 5.95 Å². The first-order valence-corrected chi connectivity index (χ1v) is 15.3. The van der Waals surface area contributed by atoms with E-state index in [1.807, 2.05) is 0 Å². The Labute approximate surface area is 238 Å². The monoisotopic (exact) mass is 626 g/mol. The molecule has 4 aromatic rings. The van der Waals surface area contributed by atoms with Gasteiger partial charge in [0.1, 0.15) is 47.6 Å². The number of aromatic nitrogens is 8. The Morgan fingerprint density at radius 1 is 1.19 bits per heavy atom. The van der Waals surface area contributed by atoms with Crippen molar-refractivity contribution in [1.82, 2.24) is 39.0 Å². The minimum absolute atomic E-state index is 0.0490. The van der Waals surface area contributed by atoms with Gasteiger partial charge in [-0.25, -0.2) is 24.3 Å². The zero-order valence-corrected chi connectivity index (χ0v) is 23.0. The molecular weight excluding hydrogens is 602 g/mol. The number of halogens is 1. The molecule has 18 nitrogen and oxygen atoms in total. The topological polar surface area (TPSA) is 257 Å². The van der Waals surface area contributed by atoms with Crippen LogP contribution in [0.4, 0.5) is 16.2 Å². The molecule has 7 rings (SSSR count). The number of hydrogen-bond acceptors (Lipinski definition) is 15. The van der Waals surface area contributed by atoms with Crippen LogP contribution in [0, 0.1) is 0 Å². The van der Waals surface area contributed by atoms with Crippen molar-refractivity contribution in [3.05, 3.63) is 29.3 Å². The first-order chi connectivity index (χ1) is 20.0. The Kier molecular flexibility index (Phi) is 6.35. The normalized spacial score (nSPS) is 34.0. The summed E-state index contributed by atoms with van der Waals surface area (Å²) in [6, 6.07) is 0. The maximum absolute atomic E-state index is 15.7. The Balaban J connectivity index is 1.17. The molecule has 3 aliphatic rings. The molecule has 0 amide bonds. The van der Waals surface area contributed by atoms with Gasteiger partial charge < -0.3 is 45.3 Å². The van der Waals surface area contributed by atoms with Crippen LogP contribution in [0.25, 0.3) is 22.3 Å². The predicted molar refractivity (Wildman–Crippen MR) is 143 cm³/mol. The van der Waals surface area contributed by atoms with E-state index in [1.165, 1.54) is 28.1 Å². The molecule has 4 aromatic heterocycles. The number of H-pyrrole nitrogens is 1. The van der Waals surface area contributed by atoms with Gasteiger partial charge in [-0.05, 0) is 11.8 Å². The van der Waals surface area contributed by atoms with E-state index in [2.05, 4.69) is 29.9 Å². The van der Waals surface area contributed by atoms with Gasteiger partial charge in [-0.15, -0.1) is 0 Å². The molecular formula is C21H24FN10O8PS. The van der Waals surface area contributed by atoms with Gasteiger partial charge in [0.15, 0.2) is 41.6 Å². The van der Waals surface area contributed by atoms with Crippen LogP contribution in [0.5, 0.6) is 0 Å². The molecule has 2 unspecified atom stereocenters. The number of nitrogens with one attached hydrogen (secondary N) is 1. The van der Waals surface area contributed by atoms with Crippen molar-refractivity contribution < 1.29 is 38.2 Å². The summed E-state index contributed by atoms with van der Waals surface area (Å²) in [6.07, 6.45) is -3.87. The predicted octanol–water partition coefficient (Wildman–Crippen LogP) is -1.93. The summed E-state index contributed by atoms with van der Waals surface area (Å²) in [5.41, 5.74) is 8.42. The van der Waals surface area contributed by atoms with Gasteiger partial charge >= 0.3 is 0 Å². The van der Waals surface area contributed by atoms with Crippen molar-refractivity contribution in [2.75, 3.05) is 31.3 Å². The minimum atomic E-state index is -4.16. The molecule has 42 heavy (non-hydrogen) atoms. The first-order valence-electron chi connectivity index (χ1n) is 12.5. The minimum Gasteiger partial charge on any atom is -0.394 e. The fourth-order valence-electron chi connectivity index (χ4n) is 5.64. The van der Waals surface area contributed by atoms with Crippen molar-refractivity contribution in [3.8, 4) is 0 Å². The summed E-state index contributed by atoms with van der Waals surface area (Å²) in [6.45, 7) is -5.49. The van der Waals surface area contributed by atoms with Gasteiger partial charge in [0.05, 0.1) is 32.5 Å². The lowest BCUT2D eigenvalue weighted by Gasteiger charge is -2.34. The maximum Gasteiger partial charge on any atom is 0.280 e. The summed E-state index contributed by atoms with van der Waals surface area (Å²) in [4.78, 5) is 46.4. The van der Waals surface area contributed by atoms with Crippen LogP contribution in [-0.2, 0) is 30.5 Å². The molecule has 21 heteroatoms. The van der Waals surface area contributed by atoms with Crippen LogP contribution in [0.3, 0.4) is 0 Å². The number of imidazole rings is 2. The molecule has 0 aliphatic carbocycles. The maximum atomic E-state index is 15.7. The second-order valence-electron chi connectivity index (χ2n) is 10.2. The van der Waals surface area contributed by atoms with Crippen LogP contribution in [0.15, 0.2) is 23.8 Å². The summed E-state index contributed by atoms with van der Waals surface area (Å²) in [7, 11) is 0. The summed E-state index contributed by atoms with van der Waals surface area (Å²) < 4.78 is 42.0. The molecule has 0 radical (unpaired) electrons. The van der Waals surface area contributed by atoms with E-state index in [1.54, 1.807) is 0 Å². The lowest BCUT2D eigenvalue weighted by Crippen LogP contribution is -2.45. The van der Waals surface area contributed by atoms with E-state index in [-0.39, 0.29) is 29.5 Å². The molecule has 3 aliphatic heterocycles. The van der Waals surface area contributed by atoms with Crippen molar-refractivity contribution in [1.29, 1.82) is 0 Å². The molecule has 8 N–H and O–H groups in total. The van der Waals surface area contributed by atoms with E-state index < -0.39 is 73.5 Å². The number of nitrogens with zero attached hydrogens (tertiary/aromatic N) is 7. The number of aliphatic hydroxyl groups excluding tert-OH is 2. The highest BCUT2D eigenvalue weighted by Gasteiger charge is 2.63. The zero-order chi connectivity index (χ0) is 29.6. The fraction of sp³-hybridized carbons (Fsp3) is 0.524. The smallest absolute Gasteiger partial charge is 0.280 e. The van der Waals surface area contributed by atoms with E-state index >= 15 is 4.39 Å². The van der Waals surface area contributed by atoms with Gasteiger partial charge in [-0.3, -0.25) is 18.9 Å². The van der Waals surface area contributed by atoms with Crippen molar-refractivity contribution in [2.24, 2.45) is 0 Å². The van der Waals surface area contributed by atoms with E-state index in [9.17, 15) is 19.9 Å². The SMILES string of the molecule is Nc1nc2c(ncn2[C@@H]2O[C@H](CO)[C@H](F)[C@H]2P(O)(=S)OCC23CO[C@@H]([C@H](n4cnc5c(N)ncnc54)O2)[C@@H]3O)c(=O)[nH]1. The third-order valence-corrected chi connectivity index (χ3v) is 10.6. The van der Waals surface area contributed by atoms with Crippen LogP contribution in [0.1, 0.15) is 12.5 Å². The summed E-state index contributed by atoms with van der Waals surface area (Å²) >= 11 is 5.45. The number of anilines is 2. The van der Waals surface area contributed by atoms with Crippen LogP contribution >= 0.6 is 6.49 Å². The zero-order valence-electron chi connectivity index (χ0n) is 21.3. The third-order valence-electron chi connectivity index (χ3n) is 7.73. The number of hydrogen-bond donors (Lipinski definition) is 6. The fourth-order valence-corrected chi connectivity index (χ4v) is 8.12. The van der Waals surface area contributed by atoms with Crippen molar-refractivity contribution in [2.45, 2.75) is 48.2 Å². The number of alkyl halides is 1. The lowest BCUT2D eigenvalue weighted by molar-refractivity contribution is -0.182. The quantitative estimate of drug-likeness (QED) is 0.122. The first kappa shape index (κ1) is 27.6. The van der Waals surface area contributed by atoms with E-state index in [0.29, 0.717) is 11.2 Å². The van der Waals surface area contributed by atoms with Gasteiger partial charge in [0, 0.05) is 0 Å². The number of rotatable bonds is 7. The molecule has 7 heterocycles. The average molecular weight is 627 g/mol. The largest absolute Gasteiger partial charge is 0.394 e. The second-order valence-corrected chi connectivity index (χ2v) is 13.7. The van der Waals surface area contributed by atoms with E-state index in [4.69, 9.17) is 42.0 Å². The molecule has 3 saturated heterocycles. The van der Waals surface area contributed by atoms with Gasteiger partial charge in [-0.1, -0.05) is 0 Å². The molecule has 0 spiro atoms. The highest BCUT2D eigenvalue weighted by molar-refractivity contribution is 8.09. The molecule has 0 saturated carbocycles. The number of nitrogens with two attached hydrogens (primary N) is 2. The second kappa shape index (κ2) is 9.66. The Hall–Kier alpha value is -3.20. The van der Waals surface area contributed by atoms with Crippen molar-refractivity contribution in [3.63, 3.8) is 0 Å². The number of ether oxygens (including phenoxy) is 3. The molecule has 9 atom stereocenters. The summed E-state index contributed by atoms with van der Waals surface area (Å²) in [5.74, 6) is -0.0681. The van der Waals surface area contributed by atoms with Crippen LogP contribution in [-0.4, -0.2) is 110 Å². The third kappa shape index (κ3) is 3.98. The Bertz CT molecular complexity index is 1810. The molecule has 224 valence electrons.